The first kappa shape index (κ1) is 16.2. The first-order valence-electron chi connectivity index (χ1n) is 7.15. The number of rotatable bonds is 7. The molecule has 0 aromatic heterocycles. The Kier molecular flexibility index (Phi) is 5.93. The summed E-state index contributed by atoms with van der Waals surface area (Å²) in [6.45, 7) is 3.25. The molecule has 1 saturated heterocycles. The van der Waals surface area contributed by atoms with E-state index in [4.69, 9.17) is 9.47 Å². The second kappa shape index (κ2) is 7.70. The molecule has 1 heterocycles. The molecule has 1 aromatic carbocycles. The highest BCUT2D eigenvalue weighted by molar-refractivity contribution is 5.31. The van der Waals surface area contributed by atoms with Crippen LogP contribution in [0.4, 0.5) is 4.39 Å². The van der Waals surface area contributed by atoms with Crippen LogP contribution >= 0.6 is 0 Å². The van der Waals surface area contributed by atoms with Crippen molar-refractivity contribution >= 4 is 0 Å². The fraction of sp³-hybridized carbons (Fsp3) is 0.600. The molecule has 5 nitrogen and oxygen atoms in total. The fourth-order valence-corrected chi connectivity index (χ4v) is 2.66. The zero-order valence-corrected chi connectivity index (χ0v) is 12.9. The highest BCUT2D eigenvalue weighted by Crippen LogP contribution is 2.29. The lowest BCUT2D eigenvalue weighted by molar-refractivity contribution is 0.151. The van der Waals surface area contributed by atoms with E-state index >= 15 is 0 Å². The molecule has 118 valence electrons. The van der Waals surface area contributed by atoms with Crippen LogP contribution in [0.25, 0.3) is 0 Å². The van der Waals surface area contributed by atoms with Crippen LogP contribution in [0.3, 0.4) is 0 Å². The largest absolute Gasteiger partial charge is 0.497 e. The number of ether oxygens (including phenoxy) is 2. The highest BCUT2D eigenvalue weighted by Gasteiger charge is 2.31. The molecule has 1 fully saturated rings. The number of nitrogens with zero attached hydrogens (tertiary/aromatic N) is 1. The Morgan fingerprint density at radius 3 is 2.86 bits per heavy atom. The number of hydrogen-bond acceptors (Lipinski definition) is 5. The predicted molar refractivity (Wildman–Crippen MR) is 79.7 cm³/mol. The van der Waals surface area contributed by atoms with E-state index in [9.17, 15) is 4.39 Å². The molecule has 2 unspecified atom stereocenters. The molecule has 1 aromatic rings. The third-order valence-corrected chi connectivity index (χ3v) is 3.86. The van der Waals surface area contributed by atoms with E-state index in [0.29, 0.717) is 23.8 Å². The van der Waals surface area contributed by atoms with Gasteiger partial charge in [0.25, 0.3) is 0 Å². The monoisotopic (exact) mass is 297 g/mol. The van der Waals surface area contributed by atoms with Crippen LogP contribution < -0.4 is 15.6 Å². The summed E-state index contributed by atoms with van der Waals surface area (Å²) in [7, 11) is 5.29. The van der Waals surface area contributed by atoms with Gasteiger partial charge >= 0.3 is 0 Å². The summed E-state index contributed by atoms with van der Waals surface area (Å²) in [5.41, 5.74) is 6.98. The molecule has 21 heavy (non-hydrogen) atoms. The summed E-state index contributed by atoms with van der Waals surface area (Å²) < 4.78 is 24.4. The number of hydrazine groups is 1. The van der Waals surface area contributed by atoms with E-state index in [0.717, 1.165) is 19.6 Å². The van der Waals surface area contributed by atoms with Crippen molar-refractivity contribution in [2.75, 3.05) is 47.5 Å². The lowest BCUT2D eigenvalue weighted by Gasteiger charge is -2.25. The SMILES string of the molecule is COCCN(C)CC1CNNC1c1ccc(OC)cc1F. The van der Waals surface area contributed by atoms with Crippen molar-refractivity contribution in [1.29, 1.82) is 0 Å². The fourth-order valence-electron chi connectivity index (χ4n) is 2.66. The number of likely N-dealkylation sites (N-methyl/N-ethyl adjacent to an activating group) is 1. The van der Waals surface area contributed by atoms with Gasteiger partial charge in [-0.2, -0.15) is 0 Å². The first-order valence-corrected chi connectivity index (χ1v) is 7.15. The van der Waals surface area contributed by atoms with E-state index in [1.165, 1.54) is 13.2 Å². The lowest BCUT2D eigenvalue weighted by Crippen LogP contribution is -2.32. The molecule has 2 atom stereocenters. The Hall–Kier alpha value is -1.21. The smallest absolute Gasteiger partial charge is 0.131 e. The van der Waals surface area contributed by atoms with Gasteiger partial charge in [-0.15, -0.1) is 0 Å². The Balaban J connectivity index is 2.04. The zero-order valence-electron chi connectivity index (χ0n) is 12.9. The van der Waals surface area contributed by atoms with Gasteiger partial charge in [-0.05, 0) is 13.1 Å². The predicted octanol–water partition coefficient (Wildman–Crippen LogP) is 1.18. The van der Waals surface area contributed by atoms with Gasteiger partial charge in [-0.25, -0.2) is 9.82 Å². The van der Waals surface area contributed by atoms with E-state index in [1.54, 1.807) is 19.2 Å². The van der Waals surface area contributed by atoms with Crippen molar-refractivity contribution in [2.45, 2.75) is 6.04 Å². The molecule has 0 saturated carbocycles. The van der Waals surface area contributed by atoms with Crippen LogP contribution in [-0.4, -0.2) is 52.4 Å². The molecule has 0 amide bonds. The minimum atomic E-state index is -0.236. The molecule has 1 aliphatic rings. The Morgan fingerprint density at radius 1 is 1.38 bits per heavy atom. The summed E-state index contributed by atoms with van der Waals surface area (Å²) in [6.07, 6.45) is 0. The van der Waals surface area contributed by atoms with E-state index < -0.39 is 0 Å². The summed E-state index contributed by atoms with van der Waals surface area (Å²) in [6, 6.07) is 4.98. The van der Waals surface area contributed by atoms with Gasteiger partial charge in [0, 0.05) is 44.3 Å². The summed E-state index contributed by atoms with van der Waals surface area (Å²) in [4.78, 5) is 2.21. The normalized spacial score (nSPS) is 22.0. The third-order valence-electron chi connectivity index (χ3n) is 3.86. The maximum atomic E-state index is 14.2. The number of benzene rings is 1. The molecule has 2 N–H and O–H groups in total. The second-order valence-electron chi connectivity index (χ2n) is 5.41. The average molecular weight is 297 g/mol. The minimum absolute atomic E-state index is 0.0408. The molecule has 6 heteroatoms. The van der Waals surface area contributed by atoms with Gasteiger partial charge in [0.05, 0.1) is 19.8 Å². The summed E-state index contributed by atoms with van der Waals surface area (Å²) >= 11 is 0. The molecular weight excluding hydrogens is 273 g/mol. The van der Waals surface area contributed by atoms with Gasteiger partial charge < -0.3 is 14.4 Å². The molecule has 0 aliphatic carbocycles. The van der Waals surface area contributed by atoms with Gasteiger partial charge in [-0.3, -0.25) is 5.43 Å². The van der Waals surface area contributed by atoms with Crippen molar-refractivity contribution in [3.05, 3.63) is 29.6 Å². The molecule has 2 rings (SSSR count). The lowest BCUT2D eigenvalue weighted by atomic mass is 9.94. The number of halogens is 1. The standard InChI is InChI=1S/C15H24FN3O2/c1-19(6-7-20-2)10-11-9-17-18-15(11)13-5-4-12(21-3)8-14(13)16/h4-5,8,11,15,17-18H,6-7,9-10H2,1-3H3. The second-order valence-corrected chi connectivity index (χ2v) is 5.41. The van der Waals surface area contributed by atoms with Crippen LogP contribution in [0.15, 0.2) is 18.2 Å². The van der Waals surface area contributed by atoms with Gasteiger partial charge in [0.15, 0.2) is 0 Å². The number of methoxy groups -OCH3 is 2. The Labute approximate surface area is 125 Å². The topological polar surface area (TPSA) is 45.8 Å². The van der Waals surface area contributed by atoms with Crippen LogP contribution in [0.5, 0.6) is 5.75 Å². The number of hydrogen-bond donors (Lipinski definition) is 2. The van der Waals surface area contributed by atoms with Crippen molar-refractivity contribution in [1.82, 2.24) is 15.8 Å². The van der Waals surface area contributed by atoms with E-state index in [1.807, 2.05) is 0 Å². The highest BCUT2D eigenvalue weighted by atomic mass is 19.1. The van der Waals surface area contributed by atoms with Crippen LogP contribution in [0, 0.1) is 11.7 Å². The van der Waals surface area contributed by atoms with Crippen LogP contribution in [0.1, 0.15) is 11.6 Å². The minimum Gasteiger partial charge on any atom is -0.497 e. The van der Waals surface area contributed by atoms with Gasteiger partial charge in [0.2, 0.25) is 0 Å². The Morgan fingerprint density at radius 2 is 2.19 bits per heavy atom. The maximum Gasteiger partial charge on any atom is 0.131 e. The summed E-state index contributed by atoms with van der Waals surface area (Å²) in [5.74, 6) is 0.603. The van der Waals surface area contributed by atoms with Crippen molar-refractivity contribution in [2.24, 2.45) is 5.92 Å². The maximum absolute atomic E-state index is 14.2. The summed E-state index contributed by atoms with van der Waals surface area (Å²) in [5, 5.41) is 0. The van der Waals surface area contributed by atoms with Gasteiger partial charge in [-0.1, -0.05) is 6.07 Å². The van der Waals surface area contributed by atoms with Crippen molar-refractivity contribution in [3.63, 3.8) is 0 Å². The molecule has 1 aliphatic heterocycles. The Bertz CT molecular complexity index is 459. The zero-order chi connectivity index (χ0) is 15.2. The van der Waals surface area contributed by atoms with Crippen molar-refractivity contribution < 1.29 is 13.9 Å². The quantitative estimate of drug-likeness (QED) is 0.791. The first-order chi connectivity index (χ1) is 10.2. The molecule has 0 radical (unpaired) electrons. The van der Waals surface area contributed by atoms with Crippen LogP contribution in [-0.2, 0) is 4.74 Å². The number of nitrogens with one attached hydrogen (secondary N) is 2. The molecule has 0 spiro atoms. The average Bonchev–Trinajstić information content (AvgIpc) is 2.92. The molecule has 0 bridgehead atoms. The van der Waals surface area contributed by atoms with E-state index in [2.05, 4.69) is 22.8 Å². The molecular formula is C15H24FN3O2. The van der Waals surface area contributed by atoms with Gasteiger partial charge in [0.1, 0.15) is 11.6 Å². The van der Waals surface area contributed by atoms with Crippen molar-refractivity contribution in [3.8, 4) is 5.75 Å². The third kappa shape index (κ3) is 4.14. The van der Waals surface area contributed by atoms with Crippen LogP contribution in [0.2, 0.25) is 0 Å². The van der Waals surface area contributed by atoms with E-state index in [-0.39, 0.29) is 11.9 Å².